The third-order valence-corrected chi connectivity index (χ3v) is 2.58. The summed E-state index contributed by atoms with van der Waals surface area (Å²) in [5.74, 6) is 0.425. The Bertz CT molecular complexity index is 377. The summed E-state index contributed by atoms with van der Waals surface area (Å²) in [5.41, 5.74) is 3.56. The van der Waals surface area contributed by atoms with Crippen molar-refractivity contribution in [1.29, 1.82) is 0 Å². The molecule has 1 heterocycles. The Balaban J connectivity index is 2.30. The van der Waals surface area contributed by atoms with E-state index in [9.17, 15) is 0 Å². The van der Waals surface area contributed by atoms with Crippen molar-refractivity contribution in [3.8, 4) is 0 Å². The molecule has 0 amide bonds. The standard InChI is InChI=1S/C12H14N2/c1-9-8-12(10(2)14-13-9)11-6-4-3-5-7-11/h3-7,12H,8H2,1-2H3. The van der Waals surface area contributed by atoms with Crippen molar-refractivity contribution < 1.29 is 0 Å². The highest BCUT2D eigenvalue weighted by Gasteiger charge is 2.18. The molecule has 14 heavy (non-hydrogen) atoms. The molecule has 0 radical (unpaired) electrons. The quantitative estimate of drug-likeness (QED) is 0.644. The molecular formula is C12H14N2. The Labute approximate surface area is 84.4 Å². The summed E-state index contributed by atoms with van der Waals surface area (Å²) in [6.45, 7) is 4.08. The minimum Gasteiger partial charge on any atom is -0.160 e. The Hall–Kier alpha value is -1.44. The van der Waals surface area contributed by atoms with Crippen LogP contribution in [0.25, 0.3) is 0 Å². The number of hydrogen-bond donors (Lipinski definition) is 0. The maximum atomic E-state index is 4.17. The molecule has 1 aliphatic rings. The Morgan fingerprint density at radius 3 is 2.50 bits per heavy atom. The van der Waals surface area contributed by atoms with Crippen molar-refractivity contribution in [3.05, 3.63) is 35.9 Å². The van der Waals surface area contributed by atoms with Gasteiger partial charge in [0.2, 0.25) is 0 Å². The van der Waals surface area contributed by atoms with Gasteiger partial charge in [-0.25, -0.2) is 0 Å². The lowest BCUT2D eigenvalue weighted by molar-refractivity contribution is 0.885. The zero-order chi connectivity index (χ0) is 9.97. The second-order valence-electron chi connectivity index (χ2n) is 3.74. The lowest BCUT2D eigenvalue weighted by Crippen LogP contribution is -2.16. The van der Waals surface area contributed by atoms with Crippen molar-refractivity contribution in [2.75, 3.05) is 0 Å². The summed E-state index contributed by atoms with van der Waals surface area (Å²) in [6, 6.07) is 10.5. The summed E-state index contributed by atoms with van der Waals surface area (Å²) in [4.78, 5) is 0. The van der Waals surface area contributed by atoms with E-state index in [-0.39, 0.29) is 0 Å². The molecule has 0 N–H and O–H groups in total. The molecule has 0 aromatic heterocycles. The van der Waals surface area contributed by atoms with Crippen LogP contribution in [-0.2, 0) is 0 Å². The molecule has 72 valence electrons. The van der Waals surface area contributed by atoms with E-state index < -0.39 is 0 Å². The maximum Gasteiger partial charge on any atom is 0.0453 e. The van der Waals surface area contributed by atoms with Crippen LogP contribution in [0.1, 0.15) is 31.7 Å². The molecule has 0 bridgehead atoms. The highest BCUT2D eigenvalue weighted by atomic mass is 15.2. The van der Waals surface area contributed by atoms with Crippen LogP contribution in [-0.4, -0.2) is 11.4 Å². The van der Waals surface area contributed by atoms with Crippen molar-refractivity contribution in [2.45, 2.75) is 26.2 Å². The van der Waals surface area contributed by atoms with E-state index >= 15 is 0 Å². The van der Waals surface area contributed by atoms with E-state index in [4.69, 9.17) is 0 Å². The highest BCUT2D eigenvalue weighted by Crippen LogP contribution is 2.24. The topological polar surface area (TPSA) is 24.7 Å². The first-order valence-corrected chi connectivity index (χ1v) is 4.90. The van der Waals surface area contributed by atoms with Crippen LogP contribution < -0.4 is 0 Å². The van der Waals surface area contributed by atoms with E-state index in [1.54, 1.807) is 0 Å². The zero-order valence-corrected chi connectivity index (χ0v) is 8.57. The number of hydrogen-bond acceptors (Lipinski definition) is 2. The molecule has 0 saturated heterocycles. The van der Waals surface area contributed by atoms with Gasteiger partial charge in [0.1, 0.15) is 0 Å². The van der Waals surface area contributed by atoms with Crippen LogP contribution in [0.2, 0.25) is 0 Å². The highest BCUT2D eigenvalue weighted by molar-refractivity contribution is 5.97. The molecule has 2 heteroatoms. The molecule has 1 aliphatic heterocycles. The van der Waals surface area contributed by atoms with Gasteiger partial charge in [0.15, 0.2) is 0 Å². The average Bonchev–Trinajstić information content (AvgIpc) is 2.23. The first-order valence-electron chi connectivity index (χ1n) is 4.90. The molecule has 2 nitrogen and oxygen atoms in total. The summed E-state index contributed by atoms with van der Waals surface area (Å²) in [5, 5.41) is 8.26. The summed E-state index contributed by atoms with van der Waals surface area (Å²) in [7, 11) is 0. The van der Waals surface area contributed by atoms with E-state index in [2.05, 4.69) is 34.5 Å². The van der Waals surface area contributed by atoms with Gasteiger partial charge in [-0.2, -0.15) is 10.2 Å². The van der Waals surface area contributed by atoms with Gasteiger partial charge >= 0.3 is 0 Å². The molecular weight excluding hydrogens is 172 g/mol. The molecule has 0 saturated carbocycles. The van der Waals surface area contributed by atoms with E-state index in [0.717, 1.165) is 17.8 Å². The van der Waals surface area contributed by atoms with Crippen LogP contribution in [0.5, 0.6) is 0 Å². The van der Waals surface area contributed by atoms with Crippen LogP contribution in [0.4, 0.5) is 0 Å². The lowest BCUT2D eigenvalue weighted by atomic mass is 9.89. The SMILES string of the molecule is CC1=NN=C(C)C(c2ccccc2)C1. The van der Waals surface area contributed by atoms with Gasteiger partial charge in [0, 0.05) is 17.3 Å². The summed E-state index contributed by atoms with van der Waals surface area (Å²) < 4.78 is 0. The molecule has 1 aromatic carbocycles. The second-order valence-corrected chi connectivity index (χ2v) is 3.74. The van der Waals surface area contributed by atoms with Gasteiger partial charge in [0.05, 0.1) is 0 Å². The van der Waals surface area contributed by atoms with Gasteiger partial charge in [0.25, 0.3) is 0 Å². The van der Waals surface area contributed by atoms with Gasteiger partial charge in [-0.1, -0.05) is 30.3 Å². The smallest absolute Gasteiger partial charge is 0.0453 e. The Morgan fingerprint density at radius 2 is 1.79 bits per heavy atom. The summed E-state index contributed by atoms with van der Waals surface area (Å²) >= 11 is 0. The van der Waals surface area contributed by atoms with Crippen molar-refractivity contribution >= 4 is 11.4 Å². The fourth-order valence-corrected chi connectivity index (χ4v) is 1.76. The number of rotatable bonds is 1. The predicted octanol–water partition coefficient (Wildman–Crippen LogP) is 3.01. The molecule has 0 spiro atoms. The van der Waals surface area contributed by atoms with E-state index in [1.165, 1.54) is 5.56 Å². The molecule has 0 aliphatic carbocycles. The third-order valence-electron chi connectivity index (χ3n) is 2.58. The Morgan fingerprint density at radius 1 is 1.07 bits per heavy atom. The molecule has 1 atom stereocenters. The predicted molar refractivity (Wildman–Crippen MR) is 60.0 cm³/mol. The summed E-state index contributed by atoms with van der Waals surface area (Å²) in [6.07, 6.45) is 0.999. The number of benzene rings is 1. The van der Waals surface area contributed by atoms with Crippen molar-refractivity contribution in [1.82, 2.24) is 0 Å². The van der Waals surface area contributed by atoms with Crippen molar-refractivity contribution in [3.63, 3.8) is 0 Å². The Kier molecular flexibility index (Phi) is 2.44. The van der Waals surface area contributed by atoms with Crippen LogP contribution in [0.3, 0.4) is 0 Å². The van der Waals surface area contributed by atoms with Crippen LogP contribution in [0, 0.1) is 0 Å². The van der Waals surface area contributed by atoms with Crippen LogP contribution >= 0.6 is 0 Å². The monoisotopic (exact) mass is 186 g/mol. The molecule has 1 aromatic rings. The minimum atomic E-state index is 0.425. The fraction of sp³-hybridized carbons (Fsp3) is 0.333. The maximum absolute atomic E-state index is 4.17. The largest absolute Gasteiger partial charge is 0.160 e. The second kappa shape index (κ2) is 3.74. The van der Waals surface area contributed by atoms with Crippen LogP contribution in [0.15, 0.2) is 40.5 Å². The normalized spacial score (nSPS) is 21.4. The first kappa shape index (κ1) is 9.13. The first-order chi connectivity index (χ1) is 6.77. The van der Waals surface area contributed by atoms with Gasteiger partial charge in [-0.3, -0.25) is 0 Å². The van der Waals surface area contributed by atoms with Gasteiger partial charge < -0.3 is 0 Å². The van der Waals surface area contributed by atoms with Crippen molar-refractivity contribution in [2.24, 2.45) is 10.2 Å². The number of nitrogens with zero attached hydrogens (tertiary/aromatic N) is 2. The molecule has 2 rings (SSSR count). The third kappa shape index (κ3) is 1.74. The average molecular weight is 186 g/mol. The van der Waals surface area contributed by atoms with Gasteiger partial charge in [-0.15, -0.1) is 0 Å². The molecule has 0 fully saturated rings. The molecule has 1 unspecified atom stereocenters. The van der Waals surface area contributed by atoms with E-state index in [0.29, 0.717) is 5.92 Å². The van der Waals surface area contributed by atoms with Gasteiger partial charge in [-0.05, 0) is 25.8 Å². The van der Waals surface area contributed by atoms with E-state index in [1.807, 2.05) is 19.9 Å². The minimum absolute atomic E-state index is 0.425. The lowest BCUT2D eigenvalue weighted by Gasteiger charge is -2.19. The fourth-order valence-electron chi connectivity index (χ4n) is 1.76. The zero-order valence-electron chi connectivity index (χ0n) is 8.57.